The molecule has 0 spiro atoms. The van der Waals surface area contributed by atoms with Crippen molar-refractivity contribution in [2.45, 2.75) is 32.4 Å². The summed E-state index contributed by atoms with van der Waals surface area (Å²) in [5.74, 6) is -0.937. The highest BCUT2D eigenvalue weighted by atomic mass is 16.5. The second-order valence-corrected chi connectivity index (χ2v) is 3.47. The molecular formula is C9H18N2O4. The quantitative estimate of drug-likeness (QED) is 0.593. The molecule has 0 aromatic carbocycles. The molecule has 0 rings (SSSR count). The number of urea groups is 1. The van der Waals surface area contributed by atoms with Crippen molar-refractivity contribution in [1.29, 1.82) is 0 Å². The third-order valence-corrected chi connectivity index (χ3v) is 1.65. The van der Waals surface area contributed by atoms with Gasteiger partial charge in [0.25, 0.3) is 0 Å². The van der Waals surface area contributed by atoms with Crippen molar-refractivity contribution >= 4 is 12.0 Å². The van der Waals surface area contributed by atoms with E-state index in [2.05, 4.69) is 10.6 Å². The lowest BCUT2D eigenvalue weighted by Crippen LogP contribution is -2.46. The van der Waals surface area contributed by atoms with Crippen LogP contribution in [0.2, 0.25) is 0 Å². The van der Waals surface area contributed by atoms with Gasteiger partial charge in [-0.15, -0.1) is 0 Å². The van der Waals surface area contributed by atoms with Crippen LogP contribution in [0.15, 0.2) is 0 Å². The highest BCUT2D eigenvalue weighted by Crippen LogP contribution is 1.90. The molecule has 0 aliphatic rings. The Hall–Kier alpha value is -1.30. The second kappa shape index (κ2) is 7.05. The number of aliphatic carboxylic acids is 1. The van der Waals surface area contributed by atoms with Crippen molar-refractivity contribution in [3.8, 4) is 0 Å². The van der Waals surface area contributed by atoms with Gasteiger partial charge in [-0.25, -0.2) is 4.79 Å². The van der Waals surface area contributed by atoms with E-state index in [1.54, 1.807) is 21.0 Å². The zero-order valence-electron chi connectivity index (χ0n) is 9.24. The number of ether oxygens (including phenoxy) is 1. The van der Waals surface area contributed by atoms with Gasteiger partial charge in [-0.3, -0.25) is 4.79 Å². The van der Waals surface area contributed by atoms with Gasteiger partial charge in [0.15, 0.2) is 0 Å². The van der Waals surface area contributed by atoms with E-state index >= 15 is 0 Å². The van der Waals surface area contributed by atoms with Crippen LogP contribution in [0.25, 0.3) is 0 Å². The van der Waals surface area contributed by atoms with E-state index in [1.807, 2.05) is 0 Å². The molecule has 0 heterocycles. The summed E-state index contributed by atoms with van der Waals surface area (Å²) in [5, 5.41) is 13.6. The third-order valence-electron chi connectivity index (χ3n) is 1.65. The number of amides is 2. The number of rotatable bonds is 6. The summed E-state index contributed by atoms with van der Waals surface area (Å²) in [4.78, 5) is 21.6. The summed E-state index contributed by atoms with van der Waals surface area (Å²) >= 11 is 0. The van der Waals surface area contributed by atoms with Crippen LogP contribution in [0.1, 0.15) is 20.3 Å². The van der Waals surface area contributed by atoms with Gasteiger partial charge in [0.2, 0.25) is 0 Å². The third kappa shape index (κ3) is 7.75. The summed E-state index contributed by atoms with van der Waals surface area (Å²) in [6.45, 7) is 3.85. The number of hydrogen-bond donors (Lipinski definition) is 3. The first kappa shape index (κ1) is 13.7. The van der Waals surface area contributed by atoms with Gasteiger partial charge in [-0.1, -0.05) is 0 Å². The molecule has 2 unspecified atom stereocenters. The van der Waals surface area contributed by atoms with E-state index in [0.717, 1.165) is 0 Å². The van der Waals surface area contributed by atoms with Crippen molar-refractivity contribution in [3.05, 3.63) is 0 Å². The predicted octanol–water partition coefficient (Wildman–Crippen LogP) is 0.184. The van der Waals surface area contributed by atoms with E-state index in [1.165, 1.54) is 0 Å². The molecule has 2 amide bonds. The SMILES string of the molecule is COCC(C)NC(=O)NC(C)CC(=O)O. The highest BCUT2D eigenvalue weighted by Gasteiger charge is 2.12. The largest absolute Gasteiger partial charge is 0.481 e. The van der Waals surface area contributed by atoms with E-state index < -0.39 is 12.0 Å². The maximum absolute atomic E-state index is 11.2. The lowest BCUT2D eigenvalue weighted by atomic mass is 10.2. The van der Waals surface area contributed by atoms with Gasteiger partial charge in [-0.2, -0.15) is 0 Å². The lowest BCUT2D eigenvalue weighted by Gasteiger charge is -2.16. The minimum atomic E-state index is -0.937. The topological polar surface area (TPSA) is 87.7 Å². The second-order valence-electron chi connectivity index (χ2n) is 3.47. The Morgan fingerprint density at radius 1 is 1.27 bits per heavy atom. The van der Waals surface area contributed by atoms with Crippen molar-refractivity contribution in [2.75, 3.05) is 13.7 Å². The predicted molar refractivity (Wildman–Crippen MR) is 54.7 cm³/mol. The number of carboxylic acid groups (broad SMARTS) is 1. The number of methoxy groups -OCH3 is 1. The van der Waals surface area contributed by atoms with Crippen molar-refractivity contribution in [1.82, 2.24) is 10.6 Å². The molecule has 0 aromatic heterocycles. The molecule has 0 saturated carbocycles. The molecule has 0 fully saturated rings. The number of carbonyl (C=O) groups is 2. The van der Waals surface area contributed by atoms with Gasteiger partial charge in [0, 0.05) is 13.2 Å². The van der Waals surface area contributed by atoms with Crippen LogP contribution in [0, 0.1) is 0 Å². The zero-order chi connectivity index (χ0) is 11.8. The lowest BCUT2D eigenvalue weighted by molar-refractivity contribution is -0.137. The summed E-state index contributed by atoms with van der Waals surface area (Å²) in [6, 6.07) is -0.877. The van der Waals surface area contributed by atoms with Gasteiger partial charge in [0.1, 0.15) is 0 Å². The molecule has 0 aliphatic carbocycles. The fraction of sp³-hybridized carbons (Fsp3) is 0.778. The van der Waals surface area contributed by atoms with Gasteiger partial charge < -0.3 is 20.5 Å². The molecular weight excluding hydrogens is 200 g/mol. The van der Waals surface area contributed by atoms with Crippen LogP contribution in [-0.2, 0) is 9.53 Å². The molecule has 0 aliphatic heterocycles. The van der Waals surface area contributed by atoms with E-state index in [0.29, 0.717) is 6.61 Å². The first-order valence-electron chi connectivity index (χ1n) is 4.73. The van der Waals surface area contributed by atoms with E-state index in [4.69, 9.17) is 9.84 Å². The number of nitrogens with one attached hydrogen (secondary N) is 2. The zero-order valence-corrected chi connectivity index (χ0v) is 9.24. The fourth-order valence-corrected chi connectivity index (χ4v) is 1.09. The average Bonchev–Trinajstić information content (AvgIpc) is 2.00. The molecule has 6 heteroatoms. The standard InChI is InChI=1S/C9H18N2O4/c1-6(4-8(12)13)10-9(14)11-7(2)5-15-3/h6-7H,4-5H2,1-3H3,(H,12,13)(H2,10,11,14). The van der Waals surface area contributed by atoms with Crippen molar-refractivity contribution in [2.24, 2.45) is 0 Å². The Bertz CT molecular complexity index is 220. The number of hydrogen-bond acceptors (Lipinski definition) is 3. The smallest absolute Gasteiger partial charge is 0.315 e. The average molecular weight is 218 g/mol. The van der Waals surface area contributed by atoms with Crippen LogP contribution in [0.5, 0.6) is 0 Å². The maximum Gasteiger partial charge on any atom is 0.315 e. The first-order chi connectivity index (χ1) is 6.95. The van der Waals surface area contributed by atoms with Gasteiger partial charge >= 0.3 is 12.0 Å². The van der Waals surface area contributed by atoms with Crippen LogP contribution in [-0.4, -0.2) is 42.9 Å². The molecule has 3 N–H and O–H groups in total. The summed E-state index contributed by atoms with van der Waals surface area (Å²) in [6.07, 6.45) is -0.0912. The van der Waals surface area contributed by atoms with Gasteiger partial charge in [-0.05, 0) is 13.8 Å². The highest BCUT2D eigenvalue weighted by molar-refractivity contribution is 5.75. The molecule has 0 radical (unpaired) electrons. The monoisotopic (exact) mass is 218 g/mol. The summed E-state index contributed by atoms with van der Waals surface area (Å²) < 4.78 is 4.84. The first-order valence-corrected chi connectivity index (χ1v) is 4.73. The Labute approximate surface area is 89.0 Å². The summed E-state index contributed by atoms with van der Waals surface area (Å²) in [7, 11) is 1.54. The molecule has 15 heavy (non-hydrogen) atoms. The van der Waals surface area contributed by atoms with Crippen LogP contribution in [0.3, 0.4) is 0 Å². The van der Waals surface area contributed by atoms with E-state index in [-0.39, 0.29) is 18.5 Å². The van der Waals surface area contributed by atoms with Gasteiger partial charge in [0.05, 0.1) is 19.1 Å². The molecule has 0 aromatic rings. The minimum absolute atomic E-state index is 0.0912. The van der Waals surface area contributed by atoms with Crippen LogP contribution >= 0.6 is 0 Å². The molecule has 0 bridgehead atoms. The fourth-order valence-electron chi connectivity index (χ4n) is 1.09. The van der Waals surface area contributed by atoms with Crippen LogP contribution in [0.4, 0.5) is 4.79 Å². The maximum atomic E-state index is 11.2. The Balaban J connectivity index is 3.77. The Morgan fingerprint density at radius 3 is 2.27 bits per heavy atom. The van der Waals surface area contributed by atoms with Crippen molar-refractivity contribution in [3.63, 3.8) is 0 Å². The normalized spacial score (nSPS) is 14.1. The molecule has 88 valence electrons. The number of carboxylic acids is 1. The van der Waals surface area contributed by atoms with Crippen molar-refractivity contribution < 1.29 is 19.4 Å². The molecule has 0 saturated heterocycles. The Kier molecular flexibility index (Phi) is 6.44. The van der Waals surface area contributed by atoms with E-state index in [9.17, 15) is 9.59 Å². The molecule has 6 nitrogen and oxygen atoms in total. The van der Waals surface area contributed by atoms with Crippen LogP contribution < -0.4 is 10.6 Å². The Morgan fingerprint density at radius 2 is 1.80 bits per heavy atom. The summed E-state index contributed by atoms with van der Waals surface area (Å²) in [5.41, 5.74) is 0. The number of carbonyl (C=O) groups excluding carboxylic acids is 1. The molecule has 2 atom stereocenters. The minimum Gasteiger partial charge on any atom is -0.481 e.